The summed E-state index contributed by atoms with van der Waals surface area (Å²) < 4.78 is 38.8. The molecular weight excluding hydrogens is 509 g/mol. The average Bonchev–Trinajstić information content (AvgIpc) is 2.92. The number of anilines is 1. The van der Waals surface area contributed by atoms with Gasteiger partial charge in [-0.25, -0.2) is 17.6 Å². The van der Waals surface area contributed by atoms with Crippen LogP contribution in [0.4, 0.5) is 14.9 Å². The Labute approximate surface area is 223 Å². The Kier molecular flexibility index (Phi) is 9.14. The molecule has 2 aliphatic heterocycles. The van der Waals surface area contributed by atoms with Gasteiger partial charge >= 0.3 is 6.03 Å². The highest BCUT2D eigenvalue weighted by atomic mass is 32.2. The number of nitrogens with zero attached hydrogens (tertiary/aromatic N) is 4. The van der Waals surface area contributed by atoms with Gasteiger partial charge in [0.15, 0.2) is 15.6 Å². The quantitative estimate of drug-likeness (QED) is 0.506. The number of ketones is 1. The van der Waals surface area contributed by atoms with Crippen LogP contribution in [0.2, 0.25) is 0 Å². The van der Waals surface area contributed by atoms with E-state index >= 15 is 0 Å². The molecule has 0 radical (unpaired) electrons. The first-order valence-corrected chi connectivity index (χ1v) is 14.8. The Balaban J connectivity index is 1.54. The molecule has 38 heavy (non-hydrogen) atoms. The van der Waals surface area contributed by atoms with Gasteiger partial charge in [-0.1, -0.05) is 31.2 Å². The lowest BCUT2D eigenvalue weighted by Gasteiger charge is -2.34. The van der Waals surface area contributed by atoms with E-state index in [1.807, 2.05) is 24.3 Å². The fourth-order valence-corrected chi connectivity index (χ4v) is 5.99. The third kappa shape index (κ3) is 6.96. The number of amides is 2. The molecule has 0 aromatic heterocycles. The monoisotopic (exact) mass is 545 g/mol. The summed E-state index contributed by atoms with van der Waals surface area (Å²) in [6, 6.07) is 11.4. The number of carbonyl (C=O) groups excluding carboxylic acids is 2. The smallest absolute Gasteiger partial charge is 0.324 e. The summed E-state index contributed by atoms with van der Waals surface area (Å²) in [5, 5.41) is 0. The highest BCUT2D eigenvalue weighted by Crippen LogP contribution is 2.24. The average molecular weight is 546 g/mol. The van der Waals surface area contributed by atoms with E-state index in [2.05, 4.69) is 16.7 Å². The molecule has 11 heteroatoms. The Morgan fingerprint density at radius 2 is 1.58 bits per heavy atom. The number of sulfone groups is 1. The van der Waals surface area contributed by atoms with E-state index in [-0.39, 0.29) is 60.6 Å². The number of likely N-dealkylation sites (N-methyl/N-ethyl adjacent to an activating group) is 1. The molecule has 0 bridgehead atoms. The maximum absolute atomic E-state index is 15.0. The van der Waals surface area contributed by atoms with Gasteiger partial charge in [0.05, 0.1) is 24.6 Å². The van der Waals surface area contributed by atoms with Crippen molar-refractivity contribution >= 4 is 27.3 Å². The van der Waals surface area contributed by atoms with Crippen molar-refractivity contribution in [3.05, 3.63) is 65.0 Å². The molecule has 2 saturated heterocycles. The predicted molar refractivity (Wildman–Crippen MR) is 145 cm³/mol. The fourth-order valence-electron chi connectivity index (χ4n) is 4.78. The first kappa shape index (κ1) is 28.2. The summed E-state index contributed by atoms with van der Waals surface area (Å²) in [5.41, 5.74) is 7.52. The molecule has 0 atom stereocenters. The lowest BCUT2D eigenvalue weighted by molar-refractivity contribution is 0.100. The topological polar surface area (TPSA) is 107 Å². The normalized spacial score (nSPS) is 18.3. The molecule has 0 unspecified atom stereocenters. The Morgan fingerprint density at radius 1 is 0.947 bits per heavy atom. The van der Waals surface area contributed by atoms with Gasteiger partial charge in [0, 0.05) is 62.6 Å². The van der Waals surface area contributed by atoms with Gasteiger partial charge in [-0.2, -0.15) is 0 Å². The summed E-state index contributed by atoms with van der Waals surface area (Å²) in [7, 11) is -3.17. The molecule has 2 heterocycles. The number of Topliss-reactive ketones (excluding diaryl/α,β-unsaturated/α-hetero) is 1. The van der Waals surface area contributed by atoms with Crippen LogP contribution in [0.3, 0.4) is 0 Å². The SMILES string of the molecule is CCN1CCN(Cc2ccc(N(Cc3ccc(C(=O)CN)cc3F)C(=O)N3CCS(=O)(=O)CC3)cc2)CC1. The predicted octanol–water partition coefficient (Wildman–Crippen LogP) is 1.96. The van der Waals surface area contributed by atoms with Gasteiger partial charge in [-0.05, 0) is 30.3 Å². The maximum atomic E-state index is 15.0. The highest BCUT2D eigenvalue weighted by Gasteiger charge is 2.29. The standard InChI is InChI=1S/C27H36FN5O4S/c1-2-30-9-11-31(12-10-30)19-21-3-7-24(8-4-21)33(27(35)32-13-15-38(36,37)16-14-32)20-23-6-5-22(17-25(23)28)26(34)18-29/h3-8,17H,2,9-16,18-20,29H2,1H3. The number of carbonyl (C=O) groups is 2. The van der Waals surface area contributed by atoms with E-state index in [4.69, 9.17) is 5.73 Å². The number of halogens is 1. The van der Waals surface area contributed by atoms with Crippen LogP contribution >= 0.6 is 0 Å². The van der Waals surface area contributed by atoms with E-state index in [9.17, 15) is 22.4 Å². The van der Waals surface area contributed by atoms with E-state index in [1.165, 1.54) is 21.9 Å². The second-order valence-corrected chi connectivity index (χ2v) is 12.1. The third-order valence-corrected chi connectivity index (χ3v) is 8.91. The molecule has 2 amide bonds. The number of benzene rings is 2. The Hall–Kier alpha value is -2.86. The van der Waals surface area contributed by atoms with Crippen LogP contribution in [-0.4, -0.2) is 98.8 Å². The van der Waals surface area contributed by atoms with Crippen LogP contribution in [0, 0.1) is 5.82 Å². The van der Waals surface area contributed by atoms with Gasteiger partial charge in [-0.15, -0.1) is 0 Å². The molecule has 206 valence electrons. The van der Waals surface area contributed by atoms with Gasteiger partial charge in [-0.3, -0.25) is 14.6 Å². The minimum Gasteiger partial charge on any atom is -0.324 e. The largest absolute Gasteiger partial charge is 0.324 e. The first-order valence-electron chi connectivity index (χ1n) is 13.0. The van der Waals surface area contributed by atoms with Gasteiger partial charge < -0.3 is 15.5 Å². The third-order valence-electron chi connectivity index (χ3n) is 7.30. The zero-order valence-corrected chi connectivity index (χ0v) is 22.6. The van der Waals surface area contributed by atoms with Gasteiger partial charge in [0.1, 0.15) is 5.82 Å². The Bertz CT molecular complexity index is 1230. The second-order valence-electron chi connectivity index (χ2n) is 9.82. The molecule has 2 N–H and O–H groups in total. The molecule has 2 fully saturated rings. The van der Waals surface area contributed by atoms with Crippen LogP contribution in [0.15, 0.2) is 42.5 Å². The van der Waals surface area contributed by atoms with Crippen LogP contribution in [0.1, 0.15) is 28.4 Å². The van der Waals surface area contributed by atoms with E-state index in [0.29, 0.717) is 5.69 Å². The molecule has 0 saturated carbocycles. The van der Waals surface area contributed by atoms with Crippen molar-refractivity contribution in [3.8, 4) is 0 Å². The lowest BCUT2D eigenvalue weighted by Crippen LogP contribution is -2.49. The van der Waals surface area contributed by atoms with Crippen molar-refractivity contribution in [2.75, 3.05) is 68.8 Å². The highest BCUT2D eigenvalue weighted by molar-refractivity contribution is 7.91. The van der Waals surface area contributed by atoms with Gasteiger partial charge in [0.25, 0.3) is 0 Å². The molecule has 2 aliphatic rings. The van der Waals surface area contributed by atoms with Crippen molar-refractivity contribution in [1.29, 1.82) is 0 Å². The van der Waals surface area contributed by atoms with Crippen LogP contribution in [-0.2, 0) is 22.9 Å². The molecule has 2 aromatic rings. The number of hydrogen-bond donors (Lipinski definition) is 1. The van der Waals surface area contributed by atoms with Crippen LogP contribution < -0.4 is 10.6 Å². The van der Waals surface area contributed by atoms with Gasteiger partial charge in [0.2, 0.25) is 0 Å². The molecule has 2 aromatic carbocycles. The zero-order valence-electron chi connectivity index (χ0n) is 21.8. The number of nitrogens with two attached hydrogens (primary N) is 1. The van der Waals surface area contributed by atoms with E-state index < -0.39 is 15.7 Å². The molecule has 0 spiro atoms. The van der Waals surface area contributed by atoms with Crippen LogP contribution in [0.25, 0.3) is 0 Å². The van der Waals surface area contributed by atoms with E-state index in [1.54, 1.807) is 0 Å². The minimum absolute atomic E-state index is 0.0661. The summed E-state index contributed by atoms with van der Waals surface area (Å²) in [6.07, 6.45) is 0. The summed E-state index contributed by atoms with van der Waals surface area (Å²) in [4.78, 5) is 33.2. The fraction of sp³-hybridized carbons (Fsp3) is 0.481. The second kappa shape index (κ2) is 12.3. The van der Waals surface area contributed by atoms with Crippen LogP contribution in [0.5, 0.6) is 0 Å². The first-order chi connectivity index (χ1) is 18.2. The number of rotatable bonds is 8. The number of piperazine rings is 1. The summed E-state index contributed by atoms with van der Waals surface area (Å²) in [6.45, 7) is 8.02. The summed E-state index contributed by atoms with van der Waals surface area (Å²) in [5.74, 6) is -1.17. The molecule has 0 aliphatic carbocycles. The van der Waals surface area contributed by atoms with E-state index in [0.717, 1.165) is 50.9 Å². The lowest BCUT2D eigenvalue weighted by atomic mass is 10.1. The maximum Gasteiger partial charge on any atom is 0.324 e. The summed E-state index contributed by atoms with van der Waals surface area (Å²) >= 11 is 0. The number of urea groups is 1. The van der Waals surface area contributed by atoms with Crippen molar-refractivity contribution in [1.82, 2.24) is 14.7 Å². The molecular formula is C27H36FN5O4S. The zero-order chi connectivity index (χ0) is 27.3. The van der Waals surface area contributed by atoms with Crippen molar-refractivity contribution < 1.29 is 22.4 Å². The minimum atomic E-state index is -3.17. The van der Waals surface area contributed by atoms with Crippen molar-refractivity contribution in [2.45, 2.75) is 20.0 Å². The van der Waals surface area contributed by atoms with Crippen molar-refractivity contribution in [2.24, 2.45) is 5.73 Å². The Morgan fingerprint density at radius 3 is 2.16 bits per heavy atom. The number of hydrogen-bond acceptors (Lipinski definition) is 7. The molecule has 9 nitrogen and oxygen atoms in total. The molecule has 4 rings (SSSR count). The van der Waals surface area contributed by atoms with Crippen molar-refractivity contribution in [3.63, 3.8) is 0 Å².